The summed E-state index contributed by atoms with van der Waals surface area (Å²) in [6.45, 7) is 7.12. The second kappa shape index (κ2) is 5.41. The smallest absolute Gasteiger partial charge is 0.0557 e. The molecule has 1 aliphatic carbocycles. The fourth-order valence-electron chi connectivity index (χ4n) is 3.78. The average molecular weight is 275 g/mol. The van der Waals surface area contributed by atoms with E-state index in [-0.39, 0.29) is 0 Å². The molecule has 3 rings (SSSR count). The summed E-state index contributed by atoms with van der Waals surface area (Å²) in [7, 11) is 0. The van der Waals surface area contributed by atoms with Gasteiger partial charge in [0.15, 0.2) is 0 Å². The van der Waals surface area contributed by atoms with Crippen molar-refractivity contribution in [3.8, 4) is 0 Å². The van der Waals surface area contributed by atoms with Crippen LogP contribution in [0.1, 0.15) is 50.8 Å². The van der Waals surface area contributed by atoms with Crippen molar-refractivity contribution in [1.82, 2.24) is 4.90 Å². The van der Waals surface area contributed by atoms with Crippen LogP contribution < -0.4 is 0 Å². The van der Waals surface area contributed by atoms with Crippen molar-refractivity contribution >= 4 is 11.3 Å². The lowest BCUT2D eigenvalue weighted by atomic mass is 9.74. The van der Waals surface area contributed by atoms with Gasteiger partial charge < -0.3 is 0 Å². The summed E-state index contributed by atoms with van der Waals surface area (Å²) in [5.74, 6) is 0.912. The van der Waals surface area contributed by atoms with Gasteiger partial charge in [0.2, 0.25) is 0 Å². The minimum Gasteiger partial charge on any atom is -0.289 e. The summed E-state index contributed by atoms with van der Waals surface area (Å²) in [6, 6.07) is 4.60. The Balaban J connectivity index is 1.91. The van der Waals surface area contributed by atoms with Gasteiger partial charge in [0.1, 0.15) is 0 Å². The first-order valence-corrected chi connectivity index (χ1v) is 8.53. The summed E-state index contributed by atoms with van der Waals surface area (Å²) in [6.07, 6.45) is 9.12. The maximum Gasteiger partial charge on any atom is 0.0557 e. The highest BCUT2D eigenvalue weighted by molar-refractivity contribution is 7.10. The quantitative estimate of drug-likeness (QED) is 0.700. The molecule has 0 spiro atoms. The first-order chi connectivity index (χ1) is 9.21. The topological polar surface area (TPSA) is 3.24 Å². The van der Waals surface area contributed by atoms with E-state index >= 15 is 0 Å². The predicted molar refractivity (Wildman–Crippen MR) is 83.6 cm³/mol. The first-order valence-electron chi connectivity index (χ1n) is 7.65. The molecule has 0 saturated heterocycles. The van der Waals surface area contributed by atoms with Crippen LogP contribution in [-0.2, 0) is 5.54 Å². The van der Waals surface area contributed by atoms with Gasteiger partial charge in [0.05, 0.1) is 5.54 Å². The number of hydrogen-bond acceptors (Lipinski definition) is 2. The molecule has 104 valence electrons. The Hall–Kier alpha value is -0.600. The normalized spacial score (nSPS) is 33.2. The zero-order valence-corrected chi connectivity index (χ0v) is 13.0. The summed E-state index contributed by atoms with van der Waals surface area (Å²) >= 11 is 1.96. The van der Waals surface area contributed by atoms with Gasteiger partial charge in [-0.2, -0.15) is 0 Å². The molecular formula is C17H25NS. The van der Waals surface area contributed by atoms with Crippen LogP contribution in [0.2, 0.25) is 0 Å². The van der Waals surface area contributed by atoms with E-state index in [4.69, 9.17) is 0 Å². The molecule has 1 aromatic rings. The van der Waals surface area contributed by atoms with Crippen LogP contribution in [-0.4, -0.2) is 18.0 Å². The summed E-state index contributed by atoms with van der Waals surface area (Å²) in [5.41, 5.74) is 1.90. The Kier molecular flexibility index (Phi) is 3.81. The molecule has 0 aromatic carbocycles. The van der Waals surface area contributed by atoms with Crippen molar-refractivity contribution in [2.24, 2.45) is 5.92 Å². The molecule has 0 radical (unpaired) electrons. The number of nitrogens with zero attached hydrogens (tertiary/aromatic N) is 1. The molecule has 2 aliphatic rings. The molecule has 0 atom stereocenters. The van der Waals surface area contributed by atoms with Gasteiger partial charge in [-0.25, -0.2) is 0 Å². The van der Waals surface area contributed by atoms with Gasteiger partial charge in [0, 0.05) is 18.0 Å². The molecule has 2 heterocycles. The Morgan fingerprint density at radius 3 is 2.74 bits per heavy atom. The Morgan fingerprint density at radius 1 is 1.32 bits per heavy atom. The molecule has 2 heteroatoms. The molecule has 1 aromatic heterocycles. The van der Waals surface area contributed by atoms with E-state index in [0.717, 1.165) is 5.92 Å². The fraction of sp³-hybridized carbons (Fsp3) is 0.647. The highest BCUT2D eigenvalue weighted by Gasteiger charge is 2.41. The maximum absolute atomic E-state index is 2.78. The van der Waals surface area contributed by atoms with Crippen LogP contribution in [0, 0.1) is 5.92 Å². The van der Waals surface area contributed by atoms with Crippen LogP contribution in [0.3, 0.4) is 0 Å². The van der Waals surface area contributed by atoms with Crippen LogP contribution in [0.15, 0.2) is 29.2 Å². The van der Waals surface area contributed by atoms with E-state index in [2.05, 4.69) is 42.3 Å². The monoisotopic (exact) mass is 275 g/mol. The van der Waals surface area contributed by atoms with Crippen molar-refractivity contribution in [3.63, 3.8) is 0 Å². The van der Waals surface area contributed by atoms with E-state index in [1.165, 1.54) is 45.2 Å². The van der Waals surface area contributed by atoms with Crippen molar-refractivity contribution in [1.29, 1.82) is 0 Å². The SMILES string of the molecule is CC1=CCCN(C2(c3cccs3)CCC(C)CC2)C1. The van der Waals surface area contributed by atoms with Crippen molar-refractivity contribution in [2.45, 2.75) is 51.5 Å². The van der Waals surface area contributed by atoms with Crippen molar-refractivity contribution < 1.29 is 0 Å². The lowest BCUT2D eigenvalue weighted by molar-refractivity contribution is 0.0429. The van der Waals surface area contributed by atoms with Gasteiger partial charge in [-0.3, -0.25) is 4.90 Å². The molecule has 1 saturated carbocycles. The third kappa shape index (κ3) is 2.53. The van der Waals surface area contributed by atoms with Crippen LogP contribution in [0.4, 0.5) is 0 Å². The number of rotatable bonds is 2. The van der Waals surface area contributed by atoms with E-state index < -0.39 is 0 Å². The largest absolute Gasteiger partial charge is 0.289 e. The predicted octanol–water partition coefficient (Wildman–Crippen LogP) is 4.81. The highest BCUT2D eigenvalue weighted by atomic mass is 32.1. The second-order valence-corrected chi connectivity index (χ2v) is 7.40. The van der Waals surface area contributed by atoms with E-state index in [1.807, 2.05) is 11.3 Å². The summed E-state index contributed by atoms with van der Waals surface area (Å²) in [5, 5.41) is 2.25. The summed E-state index contributed by atoms with van der Waals surface area (Å²) < 4.78 is 0. The molecule has 0 unspecified atom stereocenters. The lowest BCUT2D eigenvalue weighted by Gasteiger charge is -2.48. The standard InChI is InChI=1S/C17H25NS/c1-14-7-9-17(10-8-14,16-6-4-12-19-16)18-11-3-5-15(2)13-18/h4-6,12,14H,3,7-11,13H2,1-2H3. The minimum atomic E-state index is 0.343. The Morgan fingerprint density at radius 2 is 2.11 bits per heavy atom. The molecule has 1 fully saturated rings. The first kappa shape index (κ1) is 13.4. The molecule has 0 bridgehead atoms. The highest BCUT2D eigenvalue weighted by Crippen LogP contribution is 2.46. The maximum atomic E-state index is 2.78. The van der Waals surface area contributed by atoms with Crippen molar-refractivity contribution in [2.75, 3.05) is 13.1 Å². The Labute approximate surface area is 121 Å². The third-order valence-electron chi connectivity index (χ3n) is 5.02. The molecule has 0 amide bonds. The van der Waals surface area contributed by atoms with E-state index in [1.54, 1.807) is 10.5 Å². The minimum absolute atomic E-state index is 0.343. The average Bonchev–Trinajstić information content (AvgIpc) is 2.94. The zero-order valence-electron chi connectivity index (χ0n) is 12.2. The molecule has 19 heavy (non-hydrogen) atoms. The van der Waals surface area contributed by atoms with Crippen LogP contribution in [0.25, 0.3) is 0 Å². The second-order valence-electron chi connectivity index (χ2n) is 6.45. The zero-order chi connectivity index (χ0) is 13.3. The molecular weight excluding hydrogens is 250 g/mol. The molecule has 1 aliphatic heterocycles. The summed E-state index contributed by atoms with van der Waals surface area (Å²) in [4.78, 5) is 4.38. The van der Waals surface area contributed by atoms with E-state index in [9.17, 15) is 0 Å². The van der Waals surface area contributed by atoms with Gasteiger partial charge in [-0.1, -0.05) is 24.6 Å². The van der Waals surface area contributed by atoms with Gasteiger partial charge in [0.25, 0.3) is 0 Å². The van der Waals surface area contributed by atoms with Crippen LogP contribution >= 0.6 is 11.3 Å². The number of hydrogen-bond donors (Lipinski definition) is 0. The number of thiophene rings is 1. The van der Waals surface area contributed by atoms with E-state index in [0.29, 0.717) is 5.54 Å². The fourth-order valence-corrected chi connectivity index (χ4v) is 4.79. The van der Waals surface area contributed by atoms with Gasteiger partial charge in [-0.15, -0.1) is 11.3 Å². The lowest BCUT2D eigenvalue weighted by Crippen LogP contribution is -2.49. The van der Waals surface area contributed by atoms with Gasteiger partial charge >= 0.3 is 0 Å². The van der Waals surface area contributed by atoms with Gasteiger partial charge in [-0.05, 0) is 56.4 Å². The van der Waals surface area contributed by atoms with Crippen LogP contribution in [0.5, 0.6) is 0 Å². The Bertz CT molecular complexity index is 438. The third-order valence-corrected chi connectivity index (χ3v) is 6.08. The van der Waals surface area contributed by atoms with Crippen molar-refractivity contribution in [3.05, 3.63) is 34.0 Å². The molecule has 0 N–H and O–H groups in total. The molecule has 1 nitrogen and oxygen atoms in total.